The topological polar surface area (TPSA) is 23.6 Å². The molecule has 1 amide bonds. The molecule has 0 N–H and O–H groups in total. The van der Waals surface area contributed by atoms with Crippen molar-refractivity contribution >= 4 is 5.91 Å². The molecule has 3 heteroatoms. The number of hydrogen-bond acceptors (Lipinski definition) is 2. The molecule has 3 nitrogen and oxygen atoms in total. The Morgan fingerprint density at radius 2 is 1.86 bits per heavy atom. The molecule has 0 aliphatic carbocycles. The molecule has 0 saturated carbocycles. The van der Waals surface area contributed by atoms with E-state index in [1.54, 1.807) is 0 Å². The minimum absolute atomic E-state index is 0.0586. The van der Waals surface area contributed by atoms with Gasteiger partial charge in [0.2, 0.25) is 5.91 Å². The van der Waals surface area contributed by atoms with Crippen molar-refractivity contribution in [1.29, 1.82) is 0 Å². The van der Waals surface area contributed by atoms with Gasteiger partial charge in [-0.05, 0) is 57.3 Å². The summed E-state index contributed by atoms with van der Waals surface area (Å²) in [6, 6.07) is 10.4. The Balaban J connectivity index is 1.87. The fraction of sp³-hybridized carbons (Fsp3) is 0.611. The molecule has 2 aliphatic heterocycles. The van der Waals surface area contributed by atoms with Gasteiger partial charge in [0.1, 0.15) is 0 Å². The zero-order chi connectivity index (χ0) is 14.9. The predicted molar refractivity (Wildman–Crippen MR) is 85.2 cm³/mol. The maximum Gasteiger partial charge on any atom is 0.230 e. The van der Waals surface area contributed by atoms with E-state index in [-0.39, 0.29) is 5.92 Å². The molecule has 0 radical (unpaired) electrons. The summed E-state index contributed by atoms with van der Waals surface area (Å²) >= 11 is 0. The van der Waals surface area contributed by atoms with Gasteiger partial charge in [-0.1, -0.05) is 30.3 Å². The number of benzene rings is 1. The molecule has 114 valence electrons. The van der Waals surface area contributed by atoms with Gasteiger partial charge < -0.3 is 9.80 Å². The lowest BCUT2D eigenvalue weighted by Crippen LogP contribution is -2.53. The van der Waals surface area contributed by atoms with E-state index in [9.17, 15) is 4.79 Å². The first kappa shape index (κ1) is 14.6. The number of amides is 1. The summed E-state index contributed by atoms with van der Waals surface area (Å²) in [5, 5.41) is 0. The molecule has 0 bridgehead atoms. The highest BCUT2D eigenvalue weighted by molar-refractivity contribution is 5.84. The van der Waals surface area contributed by atoms with Crippen molar-refractivity contribution in [3.05, 3.63) is 35.9 Å². The van der Waals surface area contributed by atoms with Gasteiger partial charge in [0.25, 0.3) is 0 Å². The molecule has 2 fully saturated rings. The van der Waals surface area contributed by atoms with E-state index in [2.05, 4.69) is 48.0 Å². The molecule has 2 saturated heterocycles. The van der Waals surface area contributed by atoms with Crippen molar-refractivity contribution in [2.75, 3.05) is 33.2 Å². The smallest absolute Gasteiger partial charge is 0.230 e. The van der Waals surface area contributed by atoms with Crippen molar-refractivity contribution in [2.45, 2.75) is 32.1 Å². The quantitative estimate of drug-likeness (QED) is 0.834. The minimum Gasteiger partial charge on any atom is -0.342 e. The molecule has 2 aliphatic rings. The number of likely N-dealkylation sites (N-methyl/N-ethyl adjacent to an activating group) is 1. The second kappa shape index (κ2) is 5.80. The third-order valence-electron chi connectivity index (χ3n) is 5.40. The van der Waals surface area contributed by atoms with Crippen LogP contribution in [0.1, 0.15) is 37.7 Å². The zero-order valence-corrected chi connectivity index (χ0v) is 13.2. The monoisotopic (exact) mass is 286 g/mol. The first-order valence-corrected chi connectivity index (χ1v) is 8.16. The van der Waals surface area contributed by atoms with Crippen LogP contribution in [0.4, 0.5) is 0 Å². The molecule has 21 heavy (non-hydrogen) atoms. The van der Waals surface area contributed by atoms with Gasteiger partial charge in [0.15, 0.2) is 0 Å². The van der Waals surface area contributed by atoms with Crippen LogP contribution in [0, 0.1) is 5.41 Å². The summed E-state index contributed by atoms with van der Waals surface area (Å²) in [7, 11) is 2.20. The Hall–Kier alpha value is -1.35. The largest absolute Gasteiger partial charge is 0.342 e. The fourth-order valence-electron chi connectivity index (χ4n) is 3.96. The van der Waals surface area contributed by atoms with Crippen LogP contribution in [0.2, 0.25) is 0 Å². The van der Waals surface area contributed by atoms with Crippen molar-refractivity contribution in [2.24, 2.45) is 5.41 Å². The summed E-state index contributed by atoms with van der Waals surface area (Å²) in [6.45, 7) is 6.22. The molecule has 1 aromatic carbocycles. The van der Waals surface area contributed by atoms with E-state index in [0.29, 0.717) is 11.3 Å². The van der Waals surface area contributed by atoms with E-state index >= 15 is 0 Å². The Morgan fingerprint density at radius 1 is 1.19 bits per heavy atom. The molecule has 1 aromatic rings. The summed E-state index contributed by atoms with van der Waals surface area (Å²) in [4.78, 5) is 17.3. The van der Waals surface area contributed by atoms with Gasteiger partial charge in [-0.3, -0.25) is 4.79 Å². The Kier molecular flexibility index (Phi) is 4.03. The standard InChI is InChI=1S/C18H26N2O/c1-3-20-14-18(9-11-19(2)12-10-18)13-16(17(20)21)15-7-5-4-6-8-15/h4-8,16H,3,9-14H2,1-2H3. The second-order valence-electron chi connectivity index (χ2n) is 6.82. The van der Waals surface area contributed by atoms with Crippen LogP contribution in [0.5, 0.6) is 0 Å². The number of carbonyl (C=O) groups excluding carboxylic acids is 1. The van der Waals surface area contributed by atoms with Gasteiger partial charge in [-0.25, -0.2) is 0 Å². The Morgan fingerprint density at radius 3 is 2.48 bits per heavy atom. The van der Waals surface area contributed by atoms with Gasteiger partial charge in [0, 0.05) is 13.1 Å². The molecule has 0 aromatic heterocycles. The van der Waals surface area contributed by atoms with E-state index in [1.807, 2.05) is 6.07 Å². The van der Waals surface area contributed by atoms with Crippen molar-refractivity contribution < 1.29 is 4.79 Å². The lowest BCUT2D eigenvalue weighted by atomic mass is 9.67. The lowest BCUT2D eigenvalue weighted by Gasteiger charge is -2.49. The lowest BCUT2D eigenvalue weighted by molar-refractivity contribution is -0.141. The Bertz CT molecular complexity index is 491. The molecule has 1 atom stereocenters. The third-order valence-corrected chi connectivity index (χ3v) is 5.40. The van der Waals surface area contributed by atoms with Crippen LogP contribution in [0.3, 0.4) is 0 Å². The molecule has 2 heterocycles. The Labute approximate surface area is 127 Å². The SMILES string of the molecule is CCN1CC2(CCN(C)CC2)CC(c2ccccc2)C1=O. The number of rotatable bonds is 2. The van der Waals surface area contributed by atoms with E-state index in [0.717, 1.165) is 32.6 Å². The van der Waals surface area contributed by atoms with Crippen LogP contribution < -0.4 is 0 Å². The highest BCUT2D eigenvalue weighted by Crippen LogP contribution is 2.45. The maximum absolute atomic E-state index is 12.8. The maximum atomic E-state index is 12.8. The third kappa shape index (κ3) is 2.84. The highest BCUT2D eigenvalue weighted by Gasteiger charge is 2.45. The van der Waals surface area contributed by atoms with E-state index in [4.69, 9.17) is 0 Å². The van der Waals surface area contributed by atoms with Gasteiger partial charge in [-0.2, -0.15) is 0 Å². The van der Waals surface area contributed by atoms with Gasteiger partial charge in [0.05, 0.1) is 5.92 Å². The number of piperidine rings is 2. The number of likely N-dealkylation sites (tertiary alicyclic amines) is 2. The fourth-order valence-corrected chi connectivity index (χ4v) is 3.96. The van der Waals surface area contributed by atoms with Gasteiger partial charge >= 0.3 is 0 Å². The first-order valence-electron chi connectivity index (χ1n) is 8.16. The number of hydrogen-bond donors (Lipinski definition) is 0. The molecule has 3 rings (SSSR count). The van der Waals surface area contributed by atoms with Crippen LogP contribution in [0.15, 0.2) is 30.3 Å². The summed E-state index contributed by atoms with van der Waals surface area (Å²) in [5.74, 6) is 0.386. The first-order chi connectivity index (χ1) is 10.1. The summed E-state index contributed by atoms with van der Waals surface area (Å²) in [5.41, 5.74) is 1.52. The zero-order valence-electron chi connectivity index (χ0n) is 13.2. The summed E-state index contributed by atoms with van der Waals surface area (Å²) in [6.07, 6.45) is 3.47. The second-order valence-corrected chi connectivity index (χ2v) is 6.82. The number of carbonyl (C=O) groups is 1. The van der Waals surface area contributed by atoms with Crippen LogP contribution in [0.25, 0.3) is 0 Å². The normalized spacial score (nSPS) is 26.3. The van der Waals surface area contributed by atoms with E-state index < -0.39 is 0 Å². The molecule has 1 unspecified atom stereocenters. The van der Waals surface area contributed by atoms with Crippen LogP contribution >= 0.6 is 0 Å². The van der Waals surface area contributed by atoms with Crippen molar-refractivity contribution in [1.82, 2.24) is 9.80 Å². The van der Waals surface area contributed by atoms with Crippen molar-refractivity contribution in [3.63, 3.8) is 0 Å². The average molecular weight is 286 g/mol. The number of nitrogens with zero attached hydrogens (tertiary/aromatic N) is 2. The minimum atomic E-state index is 0.0586. The van der Waals surface area contributed by atoms with Crippen molar-refractivity contribution in [3.8, 4) is 0 Å². The predicted octanol–water partition coefficient (Wildman–Crippen LogP) is 2.73. The van der Waals surface area contributed by atoms with Crippen LogP contribution in [-0.2, 0) is 4.79 Å². The van der Waals surface area contributed by atoms with E-state index in [1.165, 1.54) is 18.4 Å². The molecular weight excluding hydrogens is 260 g/mol. The molecule has 1 spiro atoms. The van der Waals surface area contributed by atoms with Crippen LogP contribution in [-0.4, -0.2) is 48.9 Å². The molecular formula is C18H26N2O. The summed E-state index contributed by atoms with van der Waals surface area (Å²) < 4.78 is 0. The average Bonchev–Trinajstić information content (AvgIpc) is 2.53. The van der Waals surface area contributed by atoms with Gasteiger partial charge in [-0.15, -0.1) is 0 Å². The highest BCUT2D eigenvalue weighted by atomic mass is 16.2.